The molecule has 7 heavy (non-hydrogen) atoms. The molecule has 0 bridgehead atoms. The van der Waals surface area contributed by atoms with Gasteiger partial charge in [0.25, 0.3) is 0 Å². The van der Waals surface area contributed by atoms with Crippen LogP contribution in [0.4, 0.5) is 0 Å². The largest absolute Gasteiger partial charge is 0.377 e. The van der Waals surface area contributed by atoms with E-state index < -0.39 is 0 Å². The van der Waals surface area contributed by atoms with Crippen molar-refractivity contribution < 1.29 is 4.74 Å². The fourth-order valence-corrected chi connectivity index (χ4v) is 0. The highest BCUT2D eigenvalue weighted by Gasteiger charge is 1.94. The minimum atomic E-state index is 0.819. The standard InChI is InChI=1S/C3H9N.C2H4O/c1-2-3-4;1-2-3-1/h2-4H2,1H3;1-2H2. The lowest BCUT2D eigenvalue weighted by molar-refractivity contribution is 0.475. The second kappa shape index (κ2) is 5.92. The van der Waals surface area contributed by atoms with E-state index in [4.69, 9.17) is 5.73 Å². The second-order valence-corrected chi connectivity index (χ2v) is 1.40. The van der Waals surface area contributed by atoms with Crippen LogP contribution in [-0.2, 0) is 4.74 Å². The maximum absolute atomic E-state index is 5.03. The molecule has 1 aliphatic heterocycles. The van der Waals surface area contributed by atoms with E-state index in [0.29, 0.717) is 0 Å². The number of nitrogens with two attached hydrogens (primary N) is 1. The number of hydrogen-bond acceptors (Lipinski definition) is 2. The molecule has 2 heteroatoms. The summed E-state index contributed by atoms with van der Waals surface area (Å²) in [5.74, 6) is 0. The van der Waals surface area contributed by atoms with Gasteiger partial charge in [-0.25, -0.2) is 0 Å². The molecule has 0 saturated carbocycles. The van der Waals surface area contributed by atoms with Crippen LogP contribution in [0.15, 0.2) is 0 Å². The van der Waals surface area contributed by atoms with Crippen molar-refractivity contribution in [2.24, 2.45) is 5.73 Å². The van der Waals surface area contributed by atoms with Crippen molar-refractivity contribution in [1.82, 2.24) is 0 Å². The summed E-state index contributed by atoms with van der Waals surface area (Å²) in [6.45, 7) is 4.88. The molecule has 1 heterocycles. The van der Waals surface area contributed by atoms with Gasteiger partial charge in [-0.2, -0.15) is 0 Å². The first kappa shape index (κ1) is 6.92. The van der Waals surface area contributed by atoms with Crippen molar-refractivity contribution in [3.63, 3.8) is 0 Å². The lowest BCUT2D eigenvalue weighted by atomic mass is 10.5. The van der Waals surface area contributed by atoms with Crippen molar-refractivity contribution >= 4 is 0 Å². The summed E-state index contributed by atoms with van der Waals surface area (Å²) < 4.78 is 4.50. The third-order valence-electron chi connectivity index (χ3n) is 0.493. The van der Waals surface area contributed by atoms with E-state index in [2.05, 4.69) is 11.7 Å². The van der Waals surface area contributed by atoms with Gasteiger partial charge in [-0.3, -0.25) is 0 Å². The van der Waals surface area contributed by atoms with E-state index in [0.717, 1.165) is 26.2 Å². The molecule has 1 rings (SSSR count). The normalized spacial score (nSPS) is 14.6. The van der Waals surface area contributed by atoms with Crippen molar-refractivity contribution in [1.29, 1.82) is 0 Å². The Morgan fingerprint density at radius 3 is 1.86 bits per heavy atom. The van der Waals surface area contributed by atoms with Crippen LogP contribution in [0, 0.1) is 0 Å². The van der Waals surface area contributed by atoms with Crippen LogP contribution in [0.3, 0.4) is 0 Å². The highest BCUT2D eigenvalue weighted by atomic mass is 16.6. The first-order valence-corrected chi connectivity index (χ1v) is 2.69. The van der Waals surface area contributed by atoms with Gasteiger partial charge >= 0.3 is 0 Å². The minimum Gasteiger partial charge on any atom is -0.377 e. The number of rotatable bonds is 1. The molecule has 0 atom stereocenters. The molecule has 0 spiro atoms. The molecule has 0 radical (unpaired) electrons. The fourth-order valence-electron chi connectivity index (χ4n) is 0. The van der Waals surface area contributed by atoms with Gasteiger partial charge in [-0.1, -0.05) is 6.92 Å². The third-order valence-corrected chi connectivity index (χ3v) is 0.493. The summed E-state index contributed by atoms with van der Waals surface area (Å²) in [7, 11) is 0. The van der Waals surface area contributed by atoms with E-state index in [9.17, 15) is 0 Å². The van der Waals surface area contributed by atoms with Gasteiger partial charge < -0.3 is 10.5 Å². The van der Waals surface area contributed by atoms with Crippen LogP contribution < -0.4 is 5.73 Å². The van der Waals surface area contributed by atoms with E-state index in [1.807, 2.05) is 0 Å². The Kier molecular flexibility index (Phi) is 5.85. The first-order chi connectivity index (χ1) is 3.41. The Labute approximate surface area is 44.7 Å². The molecule has 0 aromatic heterocycles. The van der Waals surface area contributed by atoms with Gasteiger partial charge in [0.1, 0.15) is 0 Å². The smallest absolute Gasteiger partial charge is 0.0701 e. The quantitative estimate of drug-likeness (QED) is 0.487. The minimum absolute atomic E-state index is 0.819. The maximum atomic E-state index is 5.03. The van der Waals surface area contributed by atoms with Crippen LogP contribution in [-0.4, -0.2) is 19.8 Å². The lowest BCUT2D eigenvalue weighted by Gasteiger charge is -1.70. The molecule has 0 amide bonds. The summed E-state index contributed by atoms with van der Waals surface area (Å²) in [5, 5.41) is 0. The lowest BCUT2D eigenvalue weighted by Crippen LogP contribution is -1.93. The van der Waals surface area contributed by atoms with Crippen LogP contribution in [0.25, 0.3) is 0 Å². The van der Waals surface area contributed by atoms with Crippen molar-refractivity contribution in [2.45, 2.75) is 13.3 Å². The van der Waals surface area contributed by atoms with E-state index >= 15 is 0 Å². The van der Waals surface area contributed by atoms with Gasteiger partial charge in [-0.05, 0) is 13.0 Å². The fraction of sp³-hybridized carbons (Fsp3) is 1.00. The maximum Gasteiger partial charge on any atom is 0.0701 e. The SMILES string of the molecule is C1CO1.CCCN. The Bertz CT molecular complexity index is 24.5. The monoisotopic (exact) mass is 103 g/mol. The Hall–Kier alpha value is -0.0800. The molecule has 0 aromatic rings. The van der Waals surface area contributed by atoms with E-state index in [1.165, 1.54) is 0 Å². The van der Waals surface area contributed by atoms with Crippen molar-refractivity contribution in [2.75, 3.05) is 19.8 Å². The van der Waals surface area contributed by atoms with Gasteiger partial charge in [0.05, 0.1) is 13.2 Å². The number of hydrogen-bond donors (Lipinski definition) is 1. The Balaban J connectivity index is 0.000000105. The second-order valence-electron chi connectivity index (χ2n) is 1.40. The third kappa shape index (κ3) is 24.7. The molecule has 1 fully saturated rings. The summed E-state index contributed by atoms with van der Waals surface area (Å²) in [6, 6.07) is 0. The van der Waals surface area contributed by atoms with Crippen LogP contribution >= 0.6 is 0 Å². The predicted octanol–water partition coefficient (Wildman–Crippen LogP) is 0.372. The molecule has 2 N–H and O–H groups in total. The van der Waals surface area contributed by atoms with E-state index in [-0.39, 0.29) is 0 Å². The van der Waals surface area contributed by atoms with Gasteiger partial charge in [0.15, 0.2) is 0 Å². The average Bonchev–Trinajstić information content (AvgIpc) is 2.47. The van der Waals surface area contributed by atoms with Gasteiger partial charge in [0, 0.05) is 0 Å². The van der Waals surface area contributed by atoms with Crippen molar-refractivity contribution in [3.8, 4) is 0 Å². The molecule has 0 unspecified atom stereocenters. The summed E-state index contributed by atoms with van der Waals surface area (Å²) >= 11 is 0. The summed E-state index contributed by atoms with van der Waals surface area (Å²) in [5.41, 5.74) is 5.03. The predicted molar refractivity (Wildman–Crippen MR) is 30.2 cm³/mol. The zero-order chi connectivity index (χ0) is 5.54. The molecule has 1 saturated heterocycles. The van der Waals surface area contributed by atoms with E-state index in [1.54, 1.807) is 0 Å². The molecule has 2 nitrogen and oxygen atoms in total. The molecule has 0 aromatic carbocycles. The Morgan fingerprint density at radius 2 is 1.86 bits per heavy atom. The molecular weight excluding hydrogens is 90.1 g/mol. The Morgan fingerprint density at radius 1 is 1.57 bits per heavy atom. The van der Waals surface area contributed by atoms with Crippen LogP contribution in [0.1, 0.15) is 13.3 Å². The molecular formula is C5H13NO. The highest BCUT2D eigenvalue weighted by molar-refractivity contribution is 4.36. The van der Waals surface area contributed by atoms with Gasteiger partial charge in [-0.15, -0.1) is 0 Å². The molecule has 1 aliphatic rings. The summed E-state index contributed by atoms with van der Waals surface area (Å²) in [6.07, 6.45) is 1.10. The van der Waals surface area contributed by atoms with Crippen LogP contribution in [0.5, 0.6) is 0 Å². The average molecular weight is 103 g/mol. The topological polar surface area (TPSA) is 38.5 Å². The molecule has 44 valence electrons. The van der Waals surface area contributed by atoms with Gasteiger partial charge in [0.2, 0.25) is 0 Å². The molecule has 0 aliphatic carbocycles. The highest BCUT2D eigenvalue weighted by Crippen LogP contribution is 1.84. The van der Waals surface area contributed by atoms with Crippen LogP contribution in [0.2, 0.25) is 0 Å². The number of ether oxygens (including phenoxy) is 1. The zero-order valence-electron chi connectivity index (χ0n) is 4.81. The number of epoxide rings is 1. The zero-order valence-corrected chi connectivity index (χ0v) is 4.81. The first-order valence-electron chi connectivity index (χ1n) is 2.69. The summed E-state index contributed by atoms with van der Waals surface area (Å²) in [4.78, 5) is 0. The van der Waals surface area contributed by atoms with Crippen molar-refractivity contribution in [3.05, 3.63) is 0 Å².